The number of halogens is 2. The Morgan fingerprint density at radius 3 is 2.21 bits per heavy atom. The number of hydrogen-bond donors (Lipinski definition) is 2. The Labute approximate surface area is 207 Å². The number of carbonyl (C=O) groups is 2. The fourth-order valence-corrected chi connectivity index (χ4v) is 4.04. The van der Waals surface area contributed by atoms with Crippen LogP contribution in [0, 0.1) is 11.2 Å². The number of nitrogens with zero attached hydrogens (tertiary/aromatic N) is 1. The second-order valence-electron chi connectivity index (χ2n) is 9.94. The Bertz CT molecular complexity index is 940. The van der Waals surface area contributed by atoms with Crippen molar-refractivity contribution in [2.75, 3.05) is 13.1 Å². The molecule has 0 spiro atoms. The van der Waals surface area contributed by atoms with E-state index in [1.807, 2.05) is 51.1 Å². The molecule has 3 rings (SSSR count). The summed E-state index contributed by atoms with van der Waals surface area (Å²) in [6.07, 6.45) is 1.11. The van der Waals surface area contributed by atoms with Crippen molar-refractivity contribution in [3.63, 3.8) is 0 Å². The summed E-state index contributed by atoms with van der Waals surface area (Å²) >= 11 is 0. The highest BCUT2D eigenvalue weighted by Crippen LogP contribution is 2.29. The second-order valence-corrected chi connectivity index (χ2v) is 9.94. The number of alkyl carbamates (subject to hydrolysis) is 1. The minimum Gasteiger partial charge on any atom is -0.445 e. The van der Waals surface area contributed by atoms with Crippen LogP contribution in [0.3, 0.4) is 0 Å². The molecule has 1 saturated heterocycles. The first-order chi connectivity index (χ1) is 15.6. The molecule has 0 unspecified atom stereocenters. The monoisotopic (exact) mass is 491 g/mol. The molecule has 0 radical (unpaired) electrons. The van der Waals surface area contributed by atoms with Crippen LogP contribution in [0.5, 0.6) is 0 Å². The van der Waals surface area contributed by atoms with E-state index in [9.17, 15) is 14.0 Å². The fraction of sp³-hybridized carbons (Fsp3) is 0.462. The van der Waals surface area contributed by atoms with E-state index in [0.29, 0.717) is 32.4 Å². The van der Waals surface area contributed by atoms with Gasteiger partial charge in [-0.05, 0) is 47.9 Å². The Balaban J connectivity index is 0.00000408. The highest BCUT2D eigenvalue weighted by Gasteiger charge is 2.40. The first kappa shape index (κ1) is 27.6. The van der Waals surface area contributed by atoms with Crippen LogP contribution in [0.25, 0.3) is 0 Å². The zero-order chi connectivity index (χ0) is 24.1. The molecule has 1 aliphatic rings. The first-order valence-corrected chi connectivity index (χ1v) is 11.4. The first-order valence-electron chi connectivity index (χ1n) is 11.4. The van der Waals surface area contributed by atoms with Crippen LogP contribution in [0.15, 0.2) is 54.6 Å². The quantitative estimate of drug-likeness (QED) is 0.625. The van der Waals surface area contributed by atoms with Crippen LogP contribution in [0.4, 0.5) is 9.18 Å². The lowest BCUT2D eigenvalue weighted by molar-refractivity contribution is -0.136. The molecular weight excluding hydrogens is 457 g/mol. The van der Waals surface area contributed by atoms with Crippen molar-refractivity contribution in [3.05, 3.63) is 71.5 Å². The lowest BCUT2D eigenvalue weighted by atomic mass is 9.80. The SMILES string of the molecule is CC(C)(C)[C@H](N)C(=O)N1CCC(Cc2ccc(F)cc2)(NC(=O)OCc2ccccc2)CC1.Cl. The molecule has 3 N–H and O–H groups in total. The van der Waals surface area contributed by atoms with Gasteiger partial charge >= 0.3 is 6.09 Å². The van der Waals surface area contributed by atoms with Gasteiger partial charge in [-0.2, -0.15) is 0 Å². The normalized spacial score (nSPS) is 16.2. The lowest BCUT2D eigenvalue weighted by Gasteiger charge is -2.43. The van der Waals surface area contributed by atoms with Crippen molar-refractivity contribution in [2.24, 2.45) is 11.1 Å². The molecule has 0 aliphatic carbocycles. The van der Waals surface area contributed by atoms with Crippen LogP contribution < -0.4 is 11.1 Å². The summed E-state index contributed by atoms with van der Waals surface area (Å²) in [5, 5.41) is 3.06. The van der Waals surface area contributed by atoms with Gasteiger partial charge in [0, 0.05) is 13.1 Å². The molecule has 1 atom stereocenters. The highest BCUT2D eigenvalue weighted by atomic mass is 35.5. The molecule has 0 bridgehead atoms. The molecular formula is C26H35ClFN3O3. The van der Waals surface area contributed by atoms with E-state index < -0.39 is 17.7 Å². The third kappa shape index (κ3) is 7.43. The van der Waals surface area contributed by atoms with Crippen LogP contribution >= 0.6 is 12.4 Å². The van der Waals surface area contributed by atoms with Crippen molar-refractivity contribution in [2.45, 2.75) is 58.2 Å². The van der Waals surface area contributed by atoms with Gasteiger partial charge in [0.25, 0.3) is 0 Å². The minimum atomic E-state index is -0.603. The molecule has 34 heavy (non-hydrogen) atoms. The Kier molecular flexibility index (Phi) is 9.47. The molecule has 1 heterocycles. The highest BCUT2D eigenvalue weighted by molar-refractivity contribution is 5.85. The van der Waals surface area contributed by atoms with Crippen LogP contribution in [-0.2, 0) is 22.6 Å². The van der Waals surface area contributed by atoms with Crippen molar-refractivity contribution < 1.29 is 18.7 Å². The predicted octanol–water partition coefficient (Wildman–Crippen LogP) is 4.45. The smallest absolute Gasteiger partial charge is 0.407 e. The molecule has 2 aromatic carbocycles. The van der Waals surface area contributed by atoms with Gasteiger partial charge in [-0.25, -0.2) is 9.18 Å². The zero-order valence-electron chi connectivity index (χ0n) is 20.1. The predicted molar refractivity (Wildman–Crippen MR) is 133 cm³/mol. The van der Waals surface area contributed by atoms with Crippen molar-refractivity contribution >= 4 is 24.4 Å². The van der Waals surface area contributed by atoms with Gasteiger partial charge in [0.15, 0.2) is 0 Å². The third-order valence-corrected chi connectivity index (χ3v) is 6.27. The Morgan fingerprint density at radius 1 is 1.06 bits per heavy atom. The zero-order valence-corrected chi connectivity index (χ0v) is 20.9. The van der Waals surface area contributed by atoms with Crippen molar-refractivity contribution in [1.82, 2.24) is 10.2 Å². The van der Waals surface area contributed by atoms with E-state index in [0.717, 1.165) is 11.1 Å². The summed E-state index contributed by atoms with van der Waals surface area (Å²) in [6.45, 7) is 6.96. The number of nitrogens with two attached hydrogens (primary N) is 1. The summed E-state index contributed by atoms with van der Waals surface area (Å²) in [6, 6.07) is 15.2. The maximum Gasteiger partial charge on any atom is 0.407 e. The van der Waals surface area contributed by atoms with Gasteiger partial charge in [-0.1, -0.05) is 63.2 Å². The molecule has 1 aliphatic heterocycles. The van der Waals surface area contributed by atoms with Crippen molar-refractivity contribution in [3.8, 4) is 0 Å². The van der Waals surface area contributed by atoms with Gasteiger partial charge in [-0.15, -0.1) is 12.4 Å². The standard InChI is InChI=1S/C26H34FN3O3.ClH/c1-25(2,3)22(28)23(31)30-15-13-26(14-16-30,17-19-9-11-21(27)12-10-19)29-24(32)33-18-20-7-5-4-6-8-20;/h4-12,22H,13-18,28H2,1-3H3,(H,29,32);1H/t22-;/m1./s1. The van der Waals surface area contributed by atoms with E-state index in [2.05, 4.69) is 5.32 Å². The summed E-state index contributed by atoms with van der Waals surface area (Å²) < 4.78 is 18.9. The van der Waals surface area contributed by atoms with Gasteiger partial charge in [0.05, 0.1) is 11.6 Å². The third-order valence-electron chi connectivity index (χ3n) is 6.27. The lowest BCUT2D eigenvalue weighted by Crippen LogP contribution is -2.60. The number of amides is 2. The number of nitrogens with one attached hydrogen (secondary N) is 1. The molecule has 2 amide bonds. The Hall–Kier alpha value is -2.64. The van der Waals surface area contributed by atoms with Crippen molar-refractivity contribution in [1.29, 1.82) is 0 Å². The number of piperidine rings is 1. The number of likely N-dealkylation sites (tertiary alicyclic amines) is 1. The largest absolute Gasteiger partial charge is 0.445 e. The summed E-state index contributed by atoms with van der Waals surface area (Å²) in [7, 11) is 0. The number of hydrogen-bond acceptors (Lipinski definition) is 4. The average Bonchev–Trinajstić information content (AvgIpc) is 2.79. The fourth-order valence-electron chi connectivity index (χ4n) is 4.04. The molecule has 0 aromatic heterocycles. The van der Waals surface area contributed by atoms with Crippen LogP contribution in [0.2, 0.25) is 0 Å². The van der Waals surface area contributed by atoms with Crippen LogP contribution in [-0.4, -0.2) is 41.6 Å². The van der Waals surface area contributed by atoms with Gasteiger partial charge in [-0.3, -0.25) is 4.79 Å². The summed E-state index contributed by atoms with van der Waals surface area (Å²) in [4.78, 5) is 27.3. The number of ether oxygens (including phenoxy) is 1. The van der Waals surface area contributed by atoms with E-state index >= 15 is 0 Å². The van der Waals surface area contributed by atoms with Gasteiger partial charge in [0.1, 0.15) is 12.4 Å². The molecule has 2 aromatic rings. The maximum absolute atomic E-state index is 13.4. The maximum atomic E-state index is 13.4. The summed E-state index contributed by atoms with van der Waals surface area (Å²) in [5.74, 6) is -0.385. The number of benzene rings is 2. The molecule has 6 nitrogen and oxygen atoms in total. The average molecular weight is 492 g/mol. The number of rotatable bonds is 6. The molecule has 186 valence electrons. The summed E-state index contributed by atoms with van der Waals surface area (Å²) in [5.41, 5.74) is 7.06. The second kappa shape index (κ2) is 11.7. The Morgan fingerprint density at radius 2 is 1.65 bits per heavy atom. The van der Waals surface area contributed by atoms with E-state index in [4.69, 9.17) is 10.5 Å². The van der Waals surface area contributed by atoms with Gasteiger partial charge < -0.3 is 20.7 Å². The van der Waals surface area contributed by atoms with E-state index in [1.54, 1.807) is 17.0 Å². The van der Waals surface area contributed by atoms with E-state index in [1.165, 1.54) is 12.1 Å². The minimum absolute atomic E-state index is 0. The molecule has 8 heteroatoms. The molecule has 1 fully saturated rings. The van der Waals surface area contributed by atoms with Crippen LogP contribution in [0.1, 0.15) is 44.7 Å². The molecule has 0 saturated carbocycles. The van der Waals surface area contributed by atoms with E-state index in [-0.39, 0.29) is 36.2 Å². The number of carbonyl (C=O) groups excluding carboxylic acids is 2. The topological polar surface area (TPSA) is 84.7 Å². The van der Waals surface area contributed by atoms with Gasteiger partial charge in [0.2, 0.25) is 5.91 Å².